The fourth-order valence-electron chi connectivity index (χ4n) is 3.13. The number of benzene rings is 2. The van der Waals surface area contributed by atoms with Crippen LogP contribution in [-0.2, 0) is 14.8 Å². The lowest BCUT2D eigenvalue weighted by Crippen LogP contribution is -2.48. The van der Waals surface area contributed by atoms with E-state index < -0.39 is 22.0 Å². The Bertz CT molecular complexity index is 961. The number of aryl methyl sites for hydroxylation is 1. The molecule has 0 aliphatic rings. The van der Waals surface area contributed by atoms with E-state index in [-0.39, 0.29) is 11.7 Å². The van der Waals surface area contributed by atoms with Gasteiger partial charge < -0.3 is 10.1 Å². The van der Waals surface area contributed by atoms with Crippen molar-refractivity contribution in [2.75, 3.05) is 17.7 Å². The number of nitrogens with one attached hydrogen (secondary N) is 1. The summed E-state index contributed by atoms with van der Waals surface area (Å²) < 4.78 is 31.5. The number of amides is 1. The molecule has 0 fully saturated rings. The van der Waals surface area contributed by atoms with E-state index in [9.17, 15) is 13.2 Å². The van der Waals surface area contributed by atoms with Gasteiger partial charge in [-0.1, -0.05) is 48.4 Å². The van der Waals surface area contributed by atoms with Crippen LogP contribution in [0, 0.1) is 6.92 Å². The molecule has 1 amide bonds. The van der Waals surface area contributed by atoms with Gasteiger partial charge in [0.1, 0.15) is 11.8 Å². The van der Waals surface area contributed by atoms with E-state index in [1.54, 1.807) is 19.1 Å². The van der Waals surface area contributed by atoms with Crippen LogP contribution >= 0.6 is 11.6 Å². The molecule has 0 spiro atoms. The maximum atomic E-state index is 13.0. The summed E-state index contributed by atoms with van der Waals surface area (Å²) >= 11 is 6.07. The van der Waals surface area contributed by atoms with E-state index in [0.717, 1.165) is 21.7 Å². The molecule has 0 saturated carbocycles. The Morgan fingerprint density at radius 1 is 1.21 bits per heavy atom. The minimum Gasteiger partial charge on any atom is -0.495 e. The van der Waals surface area contributed by atoms with Crippen LogP contribution in [0.1, 0.15) is 37.4 Å². The molecule has 2 rings (SSSR count). The number of nitrogens with zero attached hydrogens (tertiary/aromatic N) is 1. The number of methoxy groups -OCH3 is 1. The van der Waals surface area contributed by atoms with Gasteiger partial charge in [0.25, 0.3) is 0 Å². The Morgan fingerprint density at radius 3 is 2.34 bits per heavy atom. The SMILES string of the molecule is CC[C@H](NC(=O)[C@@H](C)N(c1cc(Cl)ccc1OC)S(C)(=O)=O)c1ccc(C)cc1. The molecule has 158 valence electrons. The first kappa shape index (κ1) is 23.0. The molecule has 0 heterocycles. The maximum Gasteiger partial charge on any atom is 0.244 e. The third-order valence-corrected chi connectivity index (χ3v) is 6.13. The number of carbonyl (C=O) groups excluding carboxylic acids is 1. The van der Waals surface area contributed by atoms with E-state index in [0.29, 0.717) is 17.2 Å². The average molecular weight is 439 g/mol. The Labute approximate surface area is 177 Å². The predicted molar refractivity (Wildman–Crippen MR) is 117 cm³/mol. The first-order valence-corrected chi connectivity index (χ1v) is 11.5. The lowest BCUT2D eigenvalue weighted by atomic mass is 10.0. The van der Waals surface area contributed by atoms with Crippen molar-refractivity contribution in [3.8, 4) is 5.75 Å². The molecule has 0 aromatic heterocycles. The highest BCUT2D eigenvalue weighted by Crippen LogP contribution is 2.34. The van der Waals surface area contributed by atoms with Gasteiger partial charge in [-0.15, -0.1) is 0 Å². The normalized spacial score (nSPS) is 13.4. The van der Waals surface area contributed by atoms with Crippen LogP contribution in [0.5, 0.6) is 5.75 Å². The number of rotatable bonds is 8. The van der Waals surface area contributed by atoms with Gasteiger partial charge in [0, 0.05) is 5.02 Å². The summed E-state index contributed by atoms with van der Waals surface area (Å²) in [6, 6.07) is 11.3. The lowest BCUT2D eigenvalue weighted by Gasteiger charge is -2.30. The summed E-state index contributed by atoms with van der Waals surface area (Å²) in [5, 5.41) is 3.30. The second kappa shape index (κ2) is 9.50. The molecule has 2 atom stereocenters. The fraction of sp³-hybridized carbons (Fsp3) is 0.381. The number of carbonyl (C=O) groups is 1. The standard InChI is InChI=1S/C21H27ClN2O4S/c1-6-18(16-9-7-14(2)8-10-16)23-21(25)15(3)24(29(5,26)27)19-13-17(22)11-12-20(19)28-4/h7-13,15,18H,6H2,1-5H3,(H,23,25)/t15-,18+/m1/s1. The number of hydrogen-bond acceptors (Lipinski definition) is 4. The van der Waals surface area contributed by atoms with Crippen LogP contribution in [-0.4, -0.2) is 33.7 Å². The summed E-state index contributed by atoms with van der Waals surface area (Å²) in [6.45, 7) is 5.50. The molecule has 0 aliphatic carbocycles. The Kier molecular flexibility index (Phi) is 7.54. The number of hydrogen-bond donors (Lipinski definition) is 1. The first-order chi connectivity index (χ1) is 13.6. The predicted octanol–water partition coefficient (Wildman–Crippen LogP) is 4.08. The Hall–Kier alpha value is -2.25. The Morgan fingerprint density at radius 2 is 1.83 bits per heavy atom. The van der Waals surface area contributed by atoms with Crippen molar-refractivity contribution in [2.24, 2.45) is 0 Å². The Balaban J connectivity index is 2.36. The van der Waals surface area contributed by atoms with E-state index >= 15 is 0 Å². The zero-order valence-electron chi connectivity index (χ0n) is 17.3. The highest BCUT2D eigenvalue weighted by molar-refractivity contribution is 7.92. The van der Waals surface area contributed by atoms with E-state index in [1.165, 1.54) is 13.2 Å². The van der Waals surface area contributed by atoms with Crippen LogP contribution in [0.4, 0.5) is 5.69 Å². The summed E-state index contributed by atoms with van der Waals surface area (Å²) in [6.07, 6.45) is 1.72. The first-order valence-electron chi connectivity index (χ1n) is 9.28. The summed E-state index contributed by atoms with van der Waals surface area (Å²) in [5.41, 5.74) is 2.30. The molecule has 6 nitrogen and oxygen atoms in total. The van der Waals surface area contributed by atoms with Crippen molar-refractivity contribution in [1.82, 2.24) is 5.32 Å². The minimum absolute atomic E-state index is 0.216. The average Bonchev–Trinajstić information content (AvgIpc) is 2.66. The van der Waals surface area contributed by atoms with Gasteiger partial charge >= 0.3 is 0 Å². The van der Waals surface area contributed by atoms with Gasteiger partial charge in [-0.05, 0) is 44.0 Å². The van der Waals surface area contributed by atoms with Gasteiger partial charge in [-0.3, -0.25) is 9.10 Å². The van der Waals surface area contributed by atoms with Crippen LogP contribution in [0.25, 0.3) is 0 Å². The van der Waals surface area contributed by atoms with Crippen molar-refractivity contribution in [3.63, 3.8) is 0 Å². The highest BCUT2D eigenvalue weighted by Gasteiger charge is 2.32. The van der Waals surface area contributed by atoms with Gasteiger partial charge in [-0.25, -0.2) is 8.42 Å². The van der Waals surface area contributed by atoms with Gasteiger partial charge in [0.2, 0.25) is 15.9 Å². The van der Waals surface area contributed by atoms with Crippen LogP contribution < -0.4 is 14.4 Å². The molecule has 0 unspecified atom stereocenters. The number of sulfonamides is 1. The molecule has 0 radical (unpaired) electrons. The van der Waals surface area contributed by atoms with Gasteiger partial charge in [0.15, 0.2) is 0 Å². The molecular formula is C21H27ClN2O4S. The van der Waals surface area contributed by atoms with Crippen LogP contribution in [0.2, 0.25) is 5.02 Å². The maximum absolute atomic E-state index is 13.0. The largest absolute Gasteiger partial charge is 0.495 e. The molecule has 0 aliphatic heterocycles. The number of anilines is 1. The van der Waals surface area contributed by atoms with Crippen molar-refractivity contribution < 1.29 is 17.9 Å². The molecule has 8 heteroatoms. The van der Waals surface area contributed by atoms with Crippen LogP contribution in [0.3, 0.4) is 0 Å². The monoisotopic (exact) mass is 438 g/mol. The third kappa shape index (κ3) is 5.64. The second-order valence-corrected chi connectivity index (χ2v) is 9.23. The van der Waals surface area contributed by atoms with E-state index in [2.05, 4.69) is 5.32 Å². The second-order valence-electron chi connectivity index (χ2n) is 6.93. The lowest BCUT2D eigenvalue weighted by molar-refractivity contribution is -0.122. The van der Waals surface area contributed by atoms with E-state index in [4.69, 9.17) is 16.3 Å². The zero-order chi connectivity index (χ0) is 21.8. The molecule has 2 aromatic carbocycles. The number of ether oxygens (including phenoxy) is 1. The summed E-state index contributed by atoms with van der Waals surface area (Å²) in [5.74, 6) is -0.102. The van der Waals surface area contributed by atoms with Gasteiger partial charge in [0.05, 0.1) is 25.1 Å². The molecule has 0 saturated heterocycles. The van der Waals surface area contributed by atoms with Gasteiger partial charge in [-0.2, -0.15) is 0 Å². The molecular weight excluding hydrogens is 412 g/mol. The van der Waals surface area contributed by atoms with Crippen molar-refractivity contribution in [1.29, 1.82) is 0 Å². The topological polar surface area (TPSA) is 75.7 Å². The molecule has 0 bridgehead atoms. The fourth-order valence-corrected chi connectivity index (χ4v) is 4.47. The quantitative estimate of drug-likeness (QED) is 0.673. The smallest absolute Gasteiger partial charge is 0.244 e. The molecule has 1 N–H and O–H groups in total. The molecule has 29 heavy (non-hydrogen) atoms. The van der Waals surface area contributed by atoms with Crippen molar-refractivity contribution >= 4 is 33.2 Å². The summed E-state index contributed by atoms with van der Waals surface area (Å²) in [7, 11) is -2.36. The zero-order valence-corrected chi connectivity index (χ0v) is 18.8. The van der Waals surface area contributed by atoms with Crippen molar-refractivity contribution in [3.05, 3.63) is 58.6 Å². The summed E-state index contributed by atoms with van der Waals surface area (Å²) in [4.78, 5) is 13.0. The van der Waals surface area contributed by atoms with Crippen LogP contribution in [0.15, 0.2) is 42.5 Å². The third-order valence-electron chi connectivity index (χ3n) is 4.67. The van der Waals surface area contributed by atoms with E-state index in [1.807, 2.05) is 38.1 Å². The highest BCUT2D eigenvalue weighted by atomic mass is 35.5. The molecule has 2 aromatic rings. The minimum atomic E-state index is -3.79. The number of halogens is 1. The van der Waals surface area contributed by atoms with Crippen molar-refractivity contribution in [2.45, 2.75) is 39.3 Å².